The number of aromatic nitrogens is 1. The molecule has 0 saturated heterocycles. The standard InChI is InChI=1S/C15H12F3NO2/c16-15(17,18)10-3-1-2-9(8-10)12-6-7-13(14(20)21)19(12)11-4-5-11/h1-3,6-8,11H,4-5H2,(H,20,21). The number of benzene rings is 1. The van der Waals surface area contributed by atoms with Crippen LogP contribution >= 0.6 is 0 Å². The number of carboxylic acid groups (broad SMARTS) is 1. The van der Waals surface area contributed by atoms with Gasteiger partial charge in [0.25, 0.3) is 0 Å². The maximum Gasteiger partial charge on any atom is 0.416 e. The Bertz CT molecular complexity index is 699. The Morgan fingerprint density at radius 2 is 1.90 bits per heavy atom. The molecule has 1 saturated carbocycles. The molecule has 1 aromatic carbocycles. The molecule has 0 bridgehead atoms. The maximum atomic E-state index is 12.8. The monoisotopic (exact) mass is 295 g/mol. The second-order valence-electron chi connectivity index (χ2n) is 5.09. The molecule has 2 aromatic rings. The predicted octanol–water partition coefficient (Wildman–Crippen LogP) is 4.21. The summed E-state index contributed by atoms with van der Waals surface area (Å²) in [6.45, 7) is 0. The highest BCUT2D eigenvalue weighted by molar-refractivity contribution is 5.87. The number of carboxylic acids is 1. The van der Waals surface area contributed by atoms with Crippen molar-refractivity contribution in [1.29, 1.82) is 0 Å². The van der Waals surface area contributed by atoms with Gasteiger partial charge in [0, 0.05) is 11.7 Å². The molecule has 0 amide bonds. The van der Waals surface area contributed by atoms with Gasteiger partial charge in [0.15, 0.2) is 0 Å². The lowest BCUT2D eigenvalue weighted by Crippen LogP contribution is -2.09. The highest BCUT2D eigenvalue weighted by Crippen LogP contribution is 2.41. The molecule has 0 radical (unpaired) electrons. The summed E-state index contributed by atoms with van der Waals surface area (Å²) >= 11 is 0. The topological polar surface area (TPSA) is 42.2 Å². The molecule has 1 aliphatic rings. The smallest absolute Gasteiger partial charge is 0.416 e. The molecular formula is C15H12F3NO2. The zero-order valence-electron chi connectivity index (χ0n) is 10.9. The molecule has 0 atom stereocenters. The van der Waals surface area contributed by atoms with Gasteiger partial charge >= 0.3 is 12.1 Å². The van der Waals surface area contributed by atoms with Crippen molar-refractivity contribution in [2.45, 2.75) is 25.1 Å². The average molecular weight is 295 g/mol. The lowest BCUT2D eigenvalue weighted by Gasteiger charge is -2.12. The SMILES string of the molecule is O=C(O)c1ccc(-c2cccc(C(F)(F)F)c2)n1C1CC1. The van der Waals surface area contributed by atoms with Crippen molar-refractivity contribution in [2.24, 2.45) is 0 Å². The second-order valence-corrected chi connectivity index (χ2v) is 5.09. The minimum absolute atomic E-state index is 0.0654. The van der Waals surface area contributed by atoms with E-state index in [2.05, 4.69) is 0 Å². The third-order valence-electron chi connectivity index (χ3n) is 3.53. The van der Waals surface area contributed by atoms with Gasteiger partial charge in [0.1, 0.15) is 5.69 Å². The van der Waals surface area contributed by atoms with Crippen LogP contribution in [0.4, 0.5) is 13.2 Å². The minimum atomic E-state index is -4.41. The van der Waals surface area contributed by atoms with Crippen molar-refractivity contribution >= 4 is 5.97 Å². The zero-order valence-corrected chi connectivity index (χ0v) is 10.9. The number of nitrogens with zero attached hydrogens (tertiary/aromatic N) is 1. The molecule has 1 heterocycles. The predicted molar refractivity (Wildman–Crippen MR) is 70.1 cm³/mol. The maximum absolute atomic E-state index is 12.8. The van der Waals surface area contributed by atoms with E-state index in [4.69, 9.17) is 0 Å². The number of halogens is 3. The van der Waals surface area contributed by atoms with Crippen LogP contribution in [0, 0.1) is 0 Å². The average Bonchev–Trinajstić information content (AvgIpc) is 3.16. The Morgan fingerprint density at radius 1 is 1.19 bits per heavy atom. The number of rotatable bonds is 3. The van der Waals surface area contributed by atoms with Gasteiger partial charge in [-0.25, -0.2) is 4.79 Å². The lowest BCUT2D eigenvalue weighted by atomic mass is 10.1. The quantitative estimate of drug-likeness (QED) is 0.921. The molecule has 21 heavy (non-hydrogen) atoms. The Kier molecular flexibility index (Phi) is 3.04. The Hall–Kier alpha value is -2.24. The Labute approximate surface area is 118 Å². The summed E-state index contributed by atoms with van der Waals surface area (Å²) in [5, 5.41) is 9.19. The van der Waals surface area contributed by atoms with Crippen LogP contribution in [-0.2, 0) is 6.18 Å². The van der Waals surface area contributed by atoms with E-state index in [1.54, 1.807) is 16.7 Å². The largest absolute Gasteiger partial charge is 0.477 e. The summed E-state index contributed by atoms with van der Waals surface area (Å²) in [6.07, 6.45) is -2.72. The van der Waals surface area contributed by atoms with Gasteiger partial charge in [-0.15, -0.1) is 0 Å². The normalized spacial score (nSPS) is 15.2. The van der Waals surface area contributed by atoms with Gasteiger partial charge in [-0.3, -0.25) is 0 Å². The molecule has 1 N–H and O–H groups in total. The molecule has 0 unspecified atom stereocenters. The van der Waals surface area contributed by atoms with Crippen molar-refractivity contribution in [3.63, 3.8) is 0 Å². The summed E-state index contributed by atoms with van der Waals surface area (Å²) in [6, 6.07) is 8.03. The van der Waals surface area contributed by atoms with E-state index < -0.39 is 17.7 Å². The van der Waals surface area contributed by atoms with E-state index in [9.17, 15) is 23.1 Å². The van der Waals surface area contributed by atoms with Crippen molar-refractivity contribution < 1.29 is 23.1 Å². The van der Waals surface area contributed by atoms with Crippen molar-refractivity contribution in [3.8, 4) is 11.3 Å². The van der Waals surface area contributed by atoms with Crippen molar-refractivity contribution in [2.75, 3.05) is 0 Å². The number of carbonyl (C=O) groups is 1. The van der Waals surface area contributed by atoms with Crippen LogP contribution < -0.4 is 0 Å². The summed E-state index contributed by atoms with van der Waals surface area (Å²) in [5.41, 5.74) is 0.274. The number of alkyl halides is 3. The van der Waals surface area contributed by atoms with Gasteiger partial charge in [0.05, 0.1) is 5.56 Å². The van der Waals surface area contributed by atoms with E-state index >= 15 is 0 Å². The Morgan fingerprint density at radius 3 is 2.48 bits per heavy atom. The summed E-state index contributed by atoms with van der Waals surface area (Å²) in [4.78, 5) is 11.2. The molecule has 1 aromatic heterocycles. The van der Waals surface area contributed by atoms with E-state index in [0.717, 1.165) is 25.0 Å². The molecule has 1 fully saturated rings. The highest BCUT2D eigenvalue weighted by Gasteiger charge is 2.32. The molecule has 1 aliphatic carbocycles. The number of hydrogen-bond donors (Lipinski definition) is 1. The molecular weight excluding hydrogens is 283 g/mol. The van der Waals surface area contributed by atoms with Crippen molar-refractivity contribution in [1.82, 2.24) is 4.57 Å². The third-order valence-corrected chi connectivity index (χ3v) is 3.53. The first-order valence-corrected chi connectivity index (χ1v) is 6.50. The molecule has 0 aliphatic heterocycles. The van der Waals surface area contributed by atoms with E-state index in [-0.39, 0.29) is 11.7 Å². The molecule has 0 spiro atoms. The lowest BCUT2D eigenvalue weighted by molar-refractivity contribution is -0.137. The first-order valence-electron chi connectivity index (χ1n) is 6.50. The molecule has 110 valence electrons. The zero-order chi connectivity index (χ0) is 15.2. The fraction of sp³-hybridized carbons (Fsp3) is 0.267. The van der Waals surface area contributed by atoms with E-state index in [0.29, 0.717) is 11.3 Å². The fourth-order valence-electron chi connectivity index (χ4n) is 2.44. The highest BCUT2D eigenvalue weighted by atomic mass is 19.4. The van der Waals surface area contributed by atoms with Crippen LogP contribution in [-0.4, -0.2) is 15.6 Å². The van der Waals surface area contributed by atoms with Gasteiger partial charge in [-0.1, -0.05) is 12.1 Å². The van der Waals surface area contributed by atoms with Crippen LogP contribution in [0.25, 0.3) is 11.3 Å². The van der Waals surface area contributed by atoms with Crippen LogP contribution in [0.2, 0.25) is 0 Å². The molecule has 6 heteroatoms. The molecule has 3 nitrogen and oxygen atoms in total. The van der Waals surface area contributed by atoms with Crippen LogP contribution in [0.1, 0.15) is 34.9 Å². The summed E-state index contributed by atoms with van der Waals surface area (Å²) in [5.74, 6) is -1.07. The first-order chi connectivity index (χ1) is 9.88. The Balaban J connectivity index is 2.11. The first kappa shape index (κ1) is 13.7. The van der Waals surface area contributed by atoms with E-state index in [1.165, 1.54) is 12.1 Å². The van der Waals surface area contributed by atoms with Gasteiger partial charge in [0.2, 0.25) is 0 Å². The van der Waals surface area contributed by atoms with E-state index in [1.807, 2.05) is 0 Å². The van der Waals surface area contributed by atoms with Crippen LogP contribution in [0.3, 0.4) is 0 Å². The second kappa shape index (κ2) is 4.65. The third kappa shape index (κ3) is 2.53. The minimum Gasteiger partial charge on any atom is -0.477 e. The summed E-state index contributed by atoms with van der Waals surface area (Å²) < 4.78 is 40.0. The van der Waals surface area contributed by atoms with Crippen LogP contribution in [0.5, 0.6) is 0 Å². The summed E-state index contributed by atoms with van der Waals surface area (Å²) in [7, 11) is 0. The molecule has 3 rings (SSSR count). The fourth-order valence-corrected chi connectivity index (χ4v) is 2.44. The van der Waals surface area contributed by atoms with Gasteiger partial charge in [-0.2, -0.15) is 13.2 Å². The van der Waals surface area contributed by atoms with Crippen LogP contribution in [0.15, 0.2) is 36.4 Å². The van der Waals surface area contributed by atoms with Crippen molar-refractivity contribution in [3.05, 3.63) is 47.7 Å². The van der Waals surface area contributed by atoms with Gasteiger partial charge < -0.3 is 9.67 Å². The number of aromatic carboxylic acids is 1. The van der Waals surface area contributed by atoms with Gasteiger partial charge in [-0.05, 0) is 42.7 Å². The number of hydrogen-bond acceptors (Lipinski definition) is 1.